The summed E-state index contributed by atoms with van der Waals surface area (Å²) in [6.07, 6.45) is 0. The molecule has 0 aliphatic carbocycles. The van der Waals surface area contributed by atoms with E-state index in [-0.39, 0.29) is 0 Å². The number of rotatable bonds is 7. The second-order valence-corrected chi connectivity index (χ2v) is 5.86. The minimum atomic E-state index is 0.497. The summed E-state index contributed by atoms with van der Waals surface area (Å²) in [6, 6.07) is 8.23. The largest absolute Gasteiger partial charge is 0.407 e. The number of halogens is 1. The maximum Gasteiger partial charge on any atom is 0.318 e. The molecule has 0 atom stereocenters. The summed E-state index contributed by atoms with van der Waals surface area (Å²) >= 11 is 6.16. The first-order valence-corrected chi connectivity index (χ1v) is 7.41. The highest BCUT2D eigenvalue weighted by Crippen LogP contribution is 2.19. The molecular weight excluding hydrogens is 288 g/mol. The van der Waals surface area contributed by atoms with Gasteiger partial charge in [-0.2, -0.15) is 0 Å². The molecule has 6 heteroatoms. The van der Waals surface area contributed by atoms with Gasteiger partial charge in [-0.15, -0.1) is 5.10 Å². The van der Waals surface area contributed by atoms with E-state index < -0.39 is 0 Å². The van der Waals surface area contributed by atoms with Gasteiger partial charge in [-0.3, -0.25) is 0 Å². The molecule has 5 nitrogen and oxygen atoms in total. The smallest absolute Gasteiger partial charge is 0.318 e. The fourth-order valence-electron chi connectivity index (χ4n) is 1.89. The van der Waals surface area contributed by atoms with Crippen molar-refractivity contribution in [3.8, 4) is 0 Å². The SMILES string of the molecule is CC(C)CNCc1nnc(N(C)Cc2ccccc2Cl)o1. The van der Waals surface area contributed by atoms with Crippen molar-refractivity contribution in [2.24, 2.45) is 5.92 Å². The summed E-state index contributed by atoms with van der Waals surface area (Å²) in [5.74, 6) is 1.19. The zero-order chi connectivity index (χ0) is 15.2. The number of nitrogens with zero attached hydrogens (tertiary/aromatic N) is 3. The van der Waals surface area contributed by atoms with Crippen molar-refractivity contribution in [3.05, 3.63) is 40.7 Å². The standard InChI is InChI=1S/C15H21ClN4O/c1-11(2)8-17-9-14-18-19-15(21-14)20(3)10-12-6-4-5-7-13(12)16/h4-7,11,17H,8-10H2,1-3H3. The van der Waals surface area contributed by atoms with Crippen LogP contribution in [-0.4, -0.2) is 23.8 Å². The van der Waals surface area contributed by atoms with Gasteiger partial charge in [-0.1, -0.05) is 48.7 Å². The van der Waals surface area contributed by atoms with E-state index in [1.807, 2.05) is 36.2 Å². The summed E-state index contributed by atoms with van der Waals surface area (Å²) in [6.45, 7) is 6.45. The number of nitrogens with one attached hydrogen (secondary N) is 1. The van der Waals surface area contributed by atoms with Crippen LogP contribution >= 0.6 is 11.6 Å². The molecule has 0 amide bonds. The fourth-order valence-corrected chi connectivity index (χ4v) is 2.08. The molecule has 0 aliphatic heterocycles. The maximum atomic E-state index is 6.16. The summed E-state index contributed by atoms with van der Waals surface area (Å²) in [7, 11) is 1.90. The molecule has 1 N–H and O–H groups in total. The summed E-state index contributed by atoms with van der Waals surface area (Å²) < 4.78 is 5.64. The third kappa shape index (κ3) is 4.72. The summed E-state index contributed by atoms with van der Waals surface area (Å²) in [5, 5.41) is 12.1. The van der Waals surface area contributed by atoms with Gasteiger partial charge in [0.25, 0.3) is 0 Å². The van der Waals surface area contributed by atoms with E-state index in [2.05, 4.69) is 29.4 Å². The van der Waals surface area contributed by atoms with Crippen molar-refractivity contribution in [3.63, 3.8) is 0 Å². The van der Waals surface area contributed by atoms with Gasteiger partial charge in [0.15, 0.2) is 0 Å². The molecule has 0 bridgehead atoms. The van der Waals surface area contributed by atoms with Crippen molar-refractivity contribution < 1.29 is 4.42 Å². The third-order valence-electron chi connectivity index (χ3n) is 2.98. The Hall–Kier alpha value is -1.59. The normalized spacial score (nSPS) is 11.1. The van der Waals surface area contributed by atoms with Crippen LogP contribution in [0.5, 0.6) is 0 Å². The van der Waals surface area contributed by atoms with Crippen LogP contribution in [0.2, 0.25) is 5.02 Å². The van der Waals surface area contributed by atoms with Crippen molar-refractivity contribution in [2.45, 2.75) is 26.9 Å². The van der Waals surface area contributed by atoms with Crippen LogP contribution in [0.4, 0.5) is 6.01 Å². The first kappa shape index (κ1) is 15.8. The van der Waals surface area contributed by atoms with Crippen LogP contribution < -0.4 is 10.2 Å². The highest BCUT2D eigenvalue weighted by molar-refractivity contribution is 6.31. The number of hydrogen-bond acceptors (Lipinski definition) is 5. The van der Waals surface area contributed by atoms with E-state index in [1.165, 1.54) is 0 Å². The van der Waals surface area contributed by atoms with Gasteiger partial charge in [-0.05, 0) is 24.1 Å². The van der Waals surface area contributed by atoms with E-state index >= 15 is 0 Å². The molecule has 0 radical (unpaired) electrons. The lowest BCUT2D eigenvalue weighted by atomic mass is 10.2. The van der Waals surface area contributed by atoms with Crippen molar-refractivity contribution in [1.29, 1.82) is 0 Å². The number of anilines is 1. The second kappa shape index (κ2) is 7.43. The monoisotopic (exact) mass is 308 g/mol. The molecular formula is C15H21ClN4O. The molecule has 0 fully saturated rings. The van der Waals surface area contributed by atoms with Crippen molar-refractivity contribution >= 4 is 17.6 Å². The number of benzene rings is 1. The highest BCUT2D eigenvalue weighted by Gasteiger charge is 2.12. The Balaban J connectivity index is 1.93. The van der Waals surface area contributed by atoms with Gasteiger partial charge in [0.2, 0.25) is 5.89 Å². The van der Waals surface area contributed by atoms with Gasteiger partial charge < -0.3 is 14.6 Å². The molecule has 0 saturated carbocycles. The molecule has 0 saturated heterocycles. The van der Waals surface area contributed by atoms with Crippen LogP contribution in [0.15, 0.2) is 28.7 Å². The van der Waals surface area contributed by atoms with Gasteiger partial charge in [0.1, 0.15) is 0 Å². The topological polar surface area (TPSA) is 54.2 Å². The molecule has 114 valence electrons. The maximum absolute atomic E-state index is 6.16. The molecule has 1 heterocycles. The molecule has 1 aromatic heterocycles. The lowest BCUT2D eigenvalue weighted by Gasteiger charge is -2.14. The third-order valence-corrected chi connectivity index (χ3v) is 3.35. The van der Waals surface area contributed by atoms with Crippen LogP contribution in [0, 0.1) is 5.92 Å². The minimum absolute atomic E-state index is 0.497. The van der Waals surface area contributed by atoms with Gasteiger partial charge in [0.05, 0.1) is 6.54 Å². The van der Waals surface area contributed by atoms with Crippen LogP contribution in [0.1, 0.15) is 25.3 Å². The Bertz CT molecular complexity index is 570. The molecule has 0 unspecified atom stereocenters. The van der Waals surface area contributed by atoms with E-state index in [9.17, 15) is 0 Å². The van der Waals surface area contributed by atoms with Gasteiger partial charge >= 0.3 is 6.01 Å². The average Bonchev–Trinajstić information content (AvgIpc) is 2.90. The van der Waals surface area contributed by atoms with E-state index in [4.69, 9.17) is 16.0 Å². The summed E-state index contributed by atoms with van der Waals surface area (Å²) in [5.41, 5.74) is 1.03. The zero-order valence-corrected chi connectivity index (χ0v) is 13.4. The highest BCUT2D eigenvalue weighted by atomic mass is 35.5. The lowest BCUT2D eigenvalue weighted by Crippen LogP contribution is -2.19. The zero-order valence-electron chi connectivity index (χ0n) is 12.6. The Labute approximate surface area is 130 Å². The Morgan fingerprint density at radius 3 is 2.76 bits per heavy atom. The van der Waals surface area contributed by atoms with E-state index in [1.54, 1.807) is 0 Å². The molecule has 2 rings (SSSR count). The van der Waals surface area contributed by atoms with E-state index in [0.29, 0.717) is 30.9 Å². The van der Waals surface area contributed by atoms with Crippen LogP contribution in [0.3, 0.4) is 0 Å². The van der Waals surface area contributed by atoms with Crippen LogP contribution in [-0.2, 0) is 13.1 Å². The number of aromatic nitrogens is 2. The van der Waals surface area contributed by atoms with Crippen molar-refractivity contribution in [2.75, 3.05) is 18.5 Å². The van der Waals surface area contributed by atoms with Crippen LogP contribution in [0.25, 0.3) is 0 Å². The first-order chi connectivity index (χ1) is 10.1. The Kier molecular flexibility index (Phi) is 5.59. The second-order valence-electron chi connectivity index (χ2n) is 5.45. The fraction of sp³-hybridized carbons (Fsp3) is 0.467. The molecule has 1 aromatic carbocycles. The predicted molar refractivity (Wildman–Crippen MR) is 84.4 cm³/mol. The van der Waals surface area contributed by atoms with Gasteiger partial charge in [-0.25, -0.2) is 0 Å². The predicted octanol–water partition coefficient (Wildman–Crippen LogP) is 3.11. The molecule has 21 heavy (non-hydrogen) atoms. The number of hydrogen-bond donors (Lipinski definition) is 1. The quantitative estimate of drug-likeness (QED) is 0.852. The molecule has 0 spiro atoms. The summed E-state index contributed by atoms with van der Waals surface area (Å²) in [4.78, 5) is 1.89. The Morgan fingerprint density at radius 1 is 1.29 bits per heavy atom. The molecule has 0 aliphatic rings. The Morgan fingerprint density at radius 2 is 2.05 bits per heavy atom. The van der Waals surface area contributed by atoms with Crippen molar-refractivity contribution in [1.82, 2.24) is 15.5 Å². The minimum Gasteiger partial charge on any atom is -0.407 e. The lowest BCUT2D eigenvalue weighted by molar-refractivity contribution is 0.450. The first-order valence-electron chi connectivity index (χ1n) is 7.04. The van der Waals surface area contributed by atoms with Gasteiger partial charge in [0, 0.05) is 18.6 Å². The molecule has 2 aromatic rings. The average molecular weight is 309 g/mol. The van der Waals surface area contributed by atoms with E-state index in [0.717, 1.165) is 17.1 Å².